The van der Waals surface area contributed by atoms with E-state index in [1.54, 1.807) is 14.0 Å². The van der Waals surface area contributed by atoms with Crippen LogP contribution in [0.2, 0.25) is 0 Å². The molecule has 20 heavy (non-hydrogen) atoms. The Morgan fingerprint density at radius 2 is 1.80 bits per heavy atom. The molecule has 0 fully saturated rings. The van der Waals surface area contributed by atoms with Gasteiger partial charge in [0.05, 0.1) is 5.75 Å². The normalized spacial score (nSPS) is 12.4. The lowest BCUT2D eigenvalue weighted by Gasteiger charge is -2.12. The maximum atomic E-state index is 11.2. The van der Waals surface area contributed by atoms with Crippen LogP contribution in [0.3, 0.4) is 0 Å². The highest BCUT2D eigenvalue weighted by Gasteiger charge is 2.04. The number of aliphatic imine (C=N–C) groups is 1. The number of hydrogen-bond donors (Lipinski definition) is 3. The van der Waals surface area contributed by atoms with Crippen LogP contribution in [0.4, 0.5) is 0 Å². The molecule has 0 amide bonds. The summed E-state index contributed by atoms with van der Waals surface area (Å²) in [5, 5.41) is 6.21. The molecule has 1 aromatic heterocycles. The first-order valence-electron chi connectivity index (χ1n) is 6.60. The van der Waals surface area contributed by atoms with Crippen molar-refractivity contribution in [1.82, 2.24) is 19.9 Å². The molecule has 0 aliphatic rings. The Balaban J connectivity index is 2.17. The van der Waals surface area contributed by atoms with Gasteiger partial charge in [-0.05, 0) is 19.1 Å². The summed E-state index contributed by atoms with van der Waals surface area (Å²) in [5.41, 5.74) is 0. The van der Waals surface area contributed by atoms with E-state index in [0.717, 1.165) is 13.1 Å². The van der Waals surface area contributed by atoms with Crippen LogP contribution in [0, 0.1) is 0 Å². The highest BCUT2D eigenvalue weighted by molar-refractivity contribution is 7.89. The van der Waals surface area contributed by atoms with Gasteiger partial charge in [-0.2, -0.15) is 0 Å². The molecule has 0 spiro atoms. The van der Waals surface area contributed by atoms with Crippen molar-refractivity contribution < 1.29 is 8.42 Å². The second-order valence-electron chi connectivity index (χ2n) is 4.14. The molecule has 7 nitrogen and oxygen atoms in total. The minimum Gasteiger partial charge on any atom is -0.355 e. The van der Waals surface area contributed by atoms with Crippen LogP contribution in [0.15, 0.2) is 29.5 Å². The van der Waals surface area contributed by atoms with Gasteiger partial charge < -0.3 is 15.2 Å². The van der Waals surface area contributed by atoms with E-state index in [1.165, 1.54) is 0 Å². The Labute approximate surface area is 120 Å². The first kappa shape index (κ1) is 16.5. The number of nitrogens with one attached hydrogen (secondary N) is 3. The highest BCUT2D eigenvalue weighted by Crippen LogP contribution is 1.87. The fourth-order valence-electron chi connectivity index (χ4n) is 1.53. The number of hydrogen-bond acceptors (Lipinski definition) is 3. The Morgan fingerprint density at radius 3 is 2.40 bits per heavy atom. The average molecular weight is 301 g/mol. The maximum absolute atomic E-state index is 11.2. The van der Waals surface area contributed by atoms with Gasteiger partial charge in [-0.3, -0.25) is 4.99 Å². The van der Waals surface area contributed by atoms with Gasteiger partial charge in [-0.15, -0.1) is 0 Å². The summed E-state index contributed by atoms with van der Waals surface area (Å²) in [4.78, 5) is 4.07. The lowest BCUT2D eigenvalue weighted by Crippen LogP contribution is -2.42. The molecule has 0 saturated heterocycles. The third-order valence-corrected chi connectivity index (χ3v) is 4.08. The van der Waals surface area contributed by atoms with E-state index in [2.05, 4.69) is 24.9 Å². The van der Waals surface area contributed by atoms with Crippen LogP contribution in [0.5, 0.6) is 0 Å². The van der Waals surface area contributed by atoms with Gasteiger partial charge in [-0.25, -0.2) is 13.1 Å². The van der Waals surface area contributed by atoms with Crippen molar-refractivity contribution in [3.05, 3.63) is 24.5 Å². The molecule has 0 saturated carbocycles. The summed E-state index contributed by atoms with van der Waals surface area (Å²) in [7, 11) is -1.44. The molecule has 0 aliphatic carbocycles. The van der Waals surface area contributed by atoms with Crippen molar-refractivity contribution in [3.63, 3.8) is 0 Å². The van der Waals surface area contributed by atoms with Crippen LogP contribution < -0.4 is 15.4 Å². The molecule has 0 aliphatic heterocycles. The first-order valence-corrected chi connectivity index (χ1v) is 8.25. The van der Waals surface area contributed by atoms with Crippen LogP contribution in [-0.2, 0) is 16.6 Å². The van der Waals surface area contributed by atoms with Gasteiger partial charge in [-0.1, -0.05) is 0 Å². The number of sulfonamides is 1. The van der Waals surface area contributed by atoms with E-state index in [1.807, 2.05) is 24.5 Å². The molecule has 3 N–H and O–H groups in total. The van der Waals surface area contributed by atoms with Gasteiger partial charge >= 0.3 is 0 Å². The smallest absolute Gasteiger partial charge is 0.211 e. The molecule has 0 aromatic carbocycles. The summed E-state index contributed by atoms with van der Waals surface area (Å²) in [5.74, 6) is 0.754. The Morgan fingerprint density at radius 1 is 1.15 bits per heavy atom. The summed E-state index contributed by atoms with van der Waals surface area (Å²) in [6.45, 7) is 4.03. The molecule has 1 rings (SSSR count). The largest absolute Gasteiger partial charge is 0.355 e. The minimum atomic E-state index is -3.12. The molecular formula is C12H23N5O2S. The quantitative estimate of drug-likeness (QED) is 0.346. The van der Waals surface area contributed by atoms with Crippen LogP contribution >= 0.6 is 0 Å². The molecule has 1 heterocycles. The molecule has 0 radical (unpaired) electrons. The predicted octanol–water partition coefficient (Wildman–Crippen LogP) is -0.408. The number of aromatic nitrogens is 1. The maximum Gasteiger partial charge on any atom is 0.211 e. The Kier molecular flexibility index (Phi) is 7.10. The summed E-state index contributed by atoms with van der Waals surface area (Å²) in [6.07, 6.45) is 3.99. The zero-order chi connectivity index (χ0) is 14.8. The van der Waals surface area contributed by atoms with E-state index in [-0.39, 0.29) is 5.75 Å². The van der Waals surface area contributed by atoms with Gasteiger partial charge in [0.15, 0.2) is 5.96 Å². The van der Waals surface area contributed by atoms with Crippen molar-refractivity contribution in [2.24, 2.45) is 4.99 Å². The van der Waals surface area contributed by atoms with Crippen LogP contribution in [0.25, 0.3) is 0 Å². The van der Waals surface area contributed by atoms with E-state index in [9.17, 15) is 8.42 Å². The fourth-order valence-corrected chi connectivity index (χ4v) is 2.15. The number of rotatable bonds is 8. The van der Waals surface area contributed by atoms with Gasteiger partial charge in [0.2, 0.25) is 10.0 Å². The predicted molar refractivity (Wildman–Crippen MR) is 81.3 cm³/mol. The lowest BCUT2D eigenvalue weighted by molar-refractivity contribution is 0.581. The molecular weight excluding hydrogens is 278 g/mol. The number of guanidine groups is 1. The van der Waals surface area contributed by atoms with E-state index < -0.39 is 10.0 Å². The summed E-state index contributed by atoms with van der Waals surface area (Å²) in [6, 6.07) is 3.96. The molecule has 0 atom stereocenters. The summed E-state index contributed by atoms with van der Waals surface area (Å²) < 4.78 is 27.0. The van der Waals surface area contributed by atoms with Crippen molar-refractivity contribution >= 4 is 16.0 Å². The average Bonchev–Trinajstić information content (AvgIpc) is 2.94. The van der Waals surface area contributed by atoms with E-state index in [0.29, 0.717) is 19.0 Å². The highest BCUT2D eigenvalue weighted by atomic mass is 32.2. The molecule has 1 aromatic rings. The molecule has 0 bridgehead atoms. The third-order valence-electron chi connectivity index (χ3n) is 2.67. The van der Waals surface area contributed by atoms with Gasteiger partial charge in [0.1, 0.15) is 0 Å². The second kappa shape index (κ2) is 8.60. The van der Waals surface area contributed by atoms with Crippen LogP contribution in [-0.4, -0.2) is 51.4 Å². The second-order valence-corrected chi connectivity index (χ2v) is 6.24. The molecule has 8 heteroatoms. The monoisotopic (exact) mass is 301 g/mol. The zero-order valence-corrected chi connectivity index (χ0v) is 12.8. The van der Waals surface area contributed by atoms with Crippen molar-refractivity contribution in [3.8, 4) is 0 Å². The molecule has 114 valence electrons. The standard InChI is InChI=1S/C12H23N5O2S/c1-3-20(18,19)16-7-6-14-12(13-2)15-8-11-17-9-4-5-10-17/h4-5,9-10,16H,3,6-8,11H2,1-2H3,(H2,13,14,15). The minimum absolute atomic E-state index is 0.0941. The Hall–Kier alpha value is -1.54. The molecule has 0 unspecified atom stereocenters. The third kappa shape index (κ3) is 6.58. The first-order chi connectivity index (χ1) is 9.57. The zero-order valence-electron chi connectivity index (χ0n) is 12.0. The SMILES string of the molecule is CCS(=O)(=O)NCCNC(=NC)NCCn1cccc1. The van der Waals surface area contributed by atoms with Crippen molar-refractivity contribution in [2.45, 2.75) is 13.5 Å². The van der Waals surface area contributed by atoms with E-state index in [4.69, 9.17) is 0 Å². The van der Waals surface area contributed by atoms with Gasteiger partial charge in [0.25, 0.3) is 0 Å². The van der Waals surface area contributed by atoms with E-state index >= 15 is 0 Å². The van der Waals surface area contributed by atoms with Crippen molar-refractivity contribution in [2.75, 3.05) is 32.4 Å². The summed E-state index contributed by atoms with van der Waals surface area (Å²) >= 11 is 0. The lowest BCUT2D eigenvalue weighted by atomic mass is 10.6. The topological polar surface area (TPSA) is 87.5 Å². The Bertz CT molecular complexity index is 496. The number of nitrogens with zero attached hydrogens (tertiary/aromatic N) is 2. The van der Waals surface area contributed by atoms with Crippen LogP contribution in [0.1, 0.15) is 6.92 Å². The van der Waals surface area contributed by atoms with Crippen molar-refractivity contribution in [1.29, 1.82) is 0 Å². The van der Waals surface area contributed by atoms with Gasteiger partial charge in [0, 0.05) is 45.6 Å². The fraction of sp³-hybridized carbons (Fsp3) is 0.583.